The van der Waals surface area contributed by atoms with Crippen LogP contribution >= 0.6 is 0 Å². The van der Waals surface area contributed by atoms with Crippen molar-refractivity contribution in [1.29, 1.82) is 0 Å². The van der Waals surface area contributed by atoms with Gasteiger partial charge >= 0.3 is 12.1 Å². The van der Waals surface area contributed by atoms with Crippen LogP contribution in [0.25, 0.3) is 11.1 Å². The van der Waals surface area contributed by atoms with Gasteiger partial charge in [-0.15, -0.1) is 0 Å². The topological polar surface area (TPSA) is 105 Å². The summed E-state index contributed by atoms with van der Waals surface area (Å²) >= 11 is 0. The van der Waals surface area contributed by atoms with Crippen LogP contribution in [-0.4, -0.2) is 41.8 Å². The Morgan fingerprint density at radius 2 is 1.66 bits per heavy atom. The minimum atomic E-state index is -0.861. The van der Waals surface area contributed by atoms with E-state index in [1.807, 2.05) is 30.3 Å². The van der Waals surface area contributed by atoms with Crippen LogP contribution < -0.4 is 10.6 Å². The van der Waals surface area contributed by atoms with Crippen LogP contribution in [0.5, 0.6) is 0 Å². The van der Waals surface area contributed by atoms with E-state index >= 15 is 0 Å². The molecule has 2 aromatic rings. The number of benzene rings is 2. The largest absolute Gasteiger partial charge is 0.481 e. The first-order valence-corrected chi connectivity index (χ1v) is 12.3. The van der Waals surface area contributed by atoms with Gasteiger partial charge in [-0.05, 0) is 47.4 Å². The Hall–Kier alpha value is -3.61. The average molecular weight is 475 g/mol. The molecule has 5 rings (SSSR count). The van der Waals surface area contributed by atoms with E-state index in [-0.39, 0.29) is 24.5 Å². The maximum Gasteiger partial charge on any atom is 0.407 e. The number of allylic oxidation sites excluding steroid dienone is 1. The van der Waals surface area contributed by atoms with Crippen LogP contribution in [0, 0.1) is 11.8 Å². The number of amides is 2. The van der Waals surface area contributed by atoms with Crippen LogP contribution in [0.15, 0.2) is 60.7 Å². The van der Waals surface area contributed by atoms with E-state index in [2.05, 4.69) is 34.9 Å². The van der Waals surface area contributed by atoms with Crippen LogP contribution in [-0.2, 0) is 14.3 Å². The fourth-order valence-electron chi connectivity index (χ4n) is 5.18. The molecule has 0 spiro atoms. The predicted molar refractivity (Wildman–Crippen MR) is 131 cm³/mol. The lowest BCUT2D eigenvalue weighted by Crippen LogP contribution is -2.50. The molecule has 7 heteroatoms. The van der Waals surface area contributed by atoms with Gasteiger partial charge in [0.15, 0.2) is 0 Å². The molecule has 2 amide bonds. The Morgan fingerprint density at radius 3 is 2.29 bits per heavy atom. The lowest BCUT2D eigenvalue weighted by Gasteiger charge is -2.26. The molecule has 0 aliphatic heterocycles. The Kier molecular flexibility index (Phi) is 6.57. The smallest absolute Gasteiger partial charge is 0.407 e. The summed E-state index contributed by atoms with van der Waals surface area (Å²) in [6, 6.07) is 15.2. The SMILES string of the molecule is O=C(NC(CC1CC1)C(=O)N[C@@H]1C=CC[C@@H](C(=O)O)C1)OCC1c2ccccc2-c2ccccc21. The minimum absolute atomic E-state index is 0.0517. The van der Waals surface area contributed by atoms with Crippen molar-refractivity contribution in [3.05, 3.63) is 71.8 Å². The number of rotatable bonds is 8. The fourth-order valence-corrected chi connectivity index (χ4v) is 5.18. The second-order valence-electron chi connectivity index (χ2n) is 9.75. The summed E-state index contributed by atoms with van der Waals surface area (Å²) in [5, 5.41) is 15.0. The van der Waals surface area contributed by atoms with Gasteiger partial charge < -0.3 is 20.5 Å². The molecule has 7 nitrogen and oxygen atoms in total. The first-order valence-electron chi connectivity index (χ1n) is 12.3. The molecular weight excluding hydrogens is 444 g/mol. The summed E-state index contributed by atoms with van der Waals surface area (Å²) in [5.41, 5.74) is 4.57. The van der Waals surface area contributed by atoms with Gasteiger partial charge in [-0.1, -0.05) is 73.5 Å². The fraction of sp³-hybridized carbons (Fsp3) is 0.393. The zero-order valence-corrected chi connectivity index (χ0v) is 19.5. The van der Waals surface area contributed by atoms with Crippen molar-refractivity contribution < 1.29 is 24.2 Å². The summed E-state index contributed by atoms with van der Waals surface area (Å²) < 4.78 is 5.64. The number of carbonyl (C=O) groups is 3. The van der Waals surface area contributed by atoms with Gasteiger partial charge in [0, 0.05) is 12.0 Å². The first-order chi connectivity index (χ1) is 17.0. The van der Waals surface area contributed by atoms with Gasteiger partial charge in [0.1, 0.15) is 12.6 Å². The van der Waals surface area contributed by atoms with E-state index in [4.69, 9.17) is 4.74 Å². The molecule has 3 aliphatic rings. The molecule has 2 aromatic carbocycles. The van der Waals surface area contributed by atoms with E-state index in [9.17, 15) is 19.5 Å². The molecule has 1 unspecified atom stereocenters. The van der Waals surface area contributed by atoms with Crippen molar-refractivity contribution in [2.24, 2.45) is 11.8 Å². The maximum absolute atomic E-state index is 13.0. The number of fused-ring (bicyclic) bond motifs is 3. The molecule has 1 saturated carbocycles. The molecule has 3 aliphatic carbocycles. The van der Waals surface area contributed by atoms with Gasteiger partial charge in [0.2, 0.25) is 5.91 Å². The zero-order valence-electron chi connectivity index (χ0n) is 19.5. The van der Waals surface area contributed by atoms with Gasteiger partial charge in [0.25, 0.3) is 0 Å². The molecule has 3 atom stereocenters. The van der Waals surface area contributed by atoms with Gasteiger partial charge in [-0.2, -0.15) is 0 Å². The number of alkyl carbamates (subject to hydrolysis) is 1. The van der Waals surface area contributed by atoms with Crippen LogP contribution in [0.1, 0.15) is 49.1 Å². The lowest BCUT2D eigenvalue weighted by molar-refractivity contribution is -0.142. The Balaban J connectivity index is 1.21. The molecular formula is C28H30N2O5. The summed E-state index contributed by atoms with van der Waals surface area (Å²) in [4.78, 5) is 37.1. The second-order valence-corrected chi connectivity index (χ2v) is 9.75. The molecule has 0 aromatic heterocycles. The van der Waals surface area contributed by atoms with E-state index in [0.717, 1.165) is 35.1 Å². The number of aliphatic carboxylic acids is 1. The molecule has 0 bridgehead atoms. The quantitative estimate of drug-likeness (QED) is 0.497. The van der Waals surface area contributed by atoms with Crippen molar-refractivity contribution in [2.75, 3.05) is 6.61 Å². The Morgan fingerprint density at radius 1 is 1.00 bits per heavy atom. The maximum atomic E-state index is 13.0. The van der Waals surface area contributed by atoms with Crippen molar-refractivity contribution in [2.45, 2.75) is 50.1 Å². The molecule has 1 fully saturated rings. The van der Waals surface area contributed by atoms with E-state index in [0.29, 0.717) is 25.2 Å². The highest BCUT2D eigenvalue weighted by Gasteiger charge is 2.34. The van der Waals surface area contributed by atoms with Crippen LogP contribution in [0.2, 0.25) is 0 Å². The highest BCUT2D eigenvalue weighted by molar-refractivity contribution is 5.86. The average Bonchev–Trinajstić information content (AvgIpc) is 3.63. The number of hydrogen-bond acceptors (Lipinski definition) is 4. The van der Waals surface area contributed by atoms with Crippen molar-refractivity contribution >= 4 is 18.0 Å². The number of nitrogens with one attached hydrogen (secondary N) is 2. The highest BCUT2D eigenvalue weighted by Crippen LogP contribution is 2.44. The van der Waals surface area contributed by atoms with Gasteiger partial charge in [-0.25, -0.2) is 4.79 Å². The molecule has 182 valence electrons. The molecule has 0 saturated heterocycles. The molecule has 0 radical (unpaired) electrons. The normalized spacial score (nSPS) is 21.5. The number of carbonyl (C=O) groups excluding carboxylic acids is 2. The summed E-state index contributed by atoms with van der Waals surface area (Å²) in [6.07, 6.45) is 6.45. The standard InChI is InChI=1S/C28H30N2O5/c31-26(29-19-7-5-6-18(15-19)27(32)33)25(14-17-12-13-17)30-28(34)35-16-24-22-10-3-1-8-20(22)21-9-2-4-11-23(21)24/h1-5,7-11,17-19,24-25H,6,12-16H2,(H,29,31)(H,30,34)(H,32,33)/t18-,19-,25?/m1/s1. The zero-order chi connectivity index (χ0) is 24.4. The monoisotopic (exact) mass is 474 g/mol. The summed E-state index contributed by atoms with van der Waals surface area (Å²) in [7, 11) is 0. The minimum Gasteiger partial charge on any atom is -0.481 e. The molecule has 35 heavy (non-hydrogen) atoms. The lowest BCUT2D eigenvalue weighted by atomic mass is 9.91. The number of hydrogen-bond donors (Lipinski definition) is 3. The second kappa shape index (κ2) is 9.94. The third-order valence-corrected chi connectivity index (χ3v) is 7.22. The van der Waals surface area contributed by atoms with Crippen LogP contribution in [0.4, 0.5) is 4.79 Å². The molecule has 0 heterocycles. The predicted octanol–water partition coefficient (Wildman–Crippen LogP) is 4.23. The third-order valence-electron chi connectivity index (χ3n) is 7.22. The Labute approximate surface area is 204 Å². The van der Waals surface area contributed by atoms with Crippen molar-refractivity contribution in [3.8, 4) is 11.1 Å². The number of carboxylic acid groups (broad SMARTS) is 1. The van der Waals surface area contributed by atoms with Crippen LogP contribution in [0.3, 0.4) is 0 Å². The number of ether oxygens (including phenoxy) is 1. The molecule has 3 N–H and O–H groups in total. The summed E-state index contributed by atoms with van der Waals surface area (Å²) in [5.74, 6) is -1.31. The van der Waals surface area contributed by atoms with Crippen molar-refractivity contribution in [1.82, 2.24) is 10.6 Å². The third kappa shape index (κ3) is 5.24. The van der Waals surface area contributed by atoms with Gasteiger partial charge in [0.05, 0.1) is 5.92 Å². The summed E-state index contributed by atoms with van der Waals surface area (Å²) in [6.45, 7) is 0.184. The van der Waals surface area contributed by atoms with E-state index in [1.54, 1.807) is 6.08 Å². The Bertz CT molecular complexity index is 1110. The van der Waals surface area contributed by atoms with E-state index in [1.165, 1.54) is 0 Å². The van der Waals surface area contributed by atoms with Crippen molar-refractivity contribution in [3.63, 3.8) is 0 Å². The number of carboxylic acids is 1. The van der Waals surface area contributed by atoms with E-state index < -0.39 is 24.0 Å². The van der Waals surface area contributed by atoms with Gasteiger partial charge in [-0.3, -0.25) is 9.59 Å². The first kappa shape index (κ1) is 23.1. The highest BCUT2D eigenvalue weighted by atomic mass is 16.5.